The van der Waals surface area contributed by atoms with Crippen molar-refractivity contribution in [2.75, 3.05) is 38.0 Å². The van der Waals surface area contributed by atoms with Gasteiger partial charge >= 0.3 is 6.03 Å². The van der Waals surface area contributed by atoms with E-state index in [2.05, 4.69) is 20.5 Å². The number of hydrogen-bond acceptors (Lipinski definition) is 6. The minimum Gasteiger partial charge on any atom is -0.340 e. The molecule has 1 aromatic carbocycles. The molecule has 4 rings (SSSR count). The number of urea groups is 1. The van der Waals surface area contributed by atoms with Gasteiger partial charge < -0.3 is 15.1 Å². The van der Waals surface area contributed by atoms with E-state index >= 15 is 0 Å². The number of halogens is 1. The van der Waals surface area contributed by atoms with Gasteiger partial charge in [0.25, 0.3) is 0 Å². The van der Waals surface area contributed by atoms with Crippen molar-refractivity contribution in [3.63, 3.8) is 0 Å². The zero-order valence-corrected chi connectivity index (χ0v) is 24.2. The van der Waals surface area contributed by atoms with Gasteiger partial charge in [0.05, 0.1) is 16.6 Å². The zero-order chi connectivity index (χ0) is 28.1. The second kappa shape index (κ2) is 13.0. The van der Waals surface area contributed by atoms with E-state index in [-0.39, 0.29) is 41.4 Å². The molecule has 2 N–H and O–H groups in total. The van der Waals surface area contributed by atoms with Gasteiger partial charge in [-0.05, 0) is 68.7 Å². The fourth-order valence-corrected chi connectivity index (χ4v) is 6.65. The van der Waals surface area contributed by atoms with E-state index in [0.717, 1.165) is 50.9 Å². The molecule has 0 radical (unpaired) electrons. The van der Waals surface area contributed by atoms with Crippen LogP contribution in [0.1, 0.15) is 61.0 Å². The quantitative estimate of drug-likeness (QED) is 0.457. The molecule has 2 fully saturated rings. The number of likely N-dealkylation sites (tertiary alicyclic amines) is 2. The molecule has 2 aliphatic heterocycles. The van der Waals surface area contributed by atoms with Crippen molar-refractivity contribution in [1.82, 2.24) is 20.1 Å². The average Bonchev–Trinajstić information content (AvgIpc) is 3.26. The number of aryl methyl sites for hydroxylation is 1. The predicted molar refractivity (Wildman–Crippen MR) is 152 cm³/mol. The molecule has 212 valence electrons. The molecule has 2 aromatic rings. The third-order valence-electron chi connectivity index (χ3n) is 7.75. The van der Waals surface area contributed by atoms with E-state index in [1.807, 2.05) is 30.9 Å². The number of rotatable bonds is 8. The van der Waals surface area contributed by atoms with Crippen molar-refractivity contribution in [2.24, 2.45) is 17.8 Å². The summed E-state index contributed by atoms with van der Waals surface area (Å²) < 4.78 is 13.3. The molecule has 0 spiro atoms. The van der Waals surface area contributed by atoms with E-state index in [1.165, 1.54) is 30.4 Å². The number of amides is 3. The van der Waals surface area contributed by atoms with Crippen molar-refractivity contribution >= 4 is 34.2 Å². The smallest absolute Gasteiger partial charge is 0.321 e. The van der Waals surface area contributed by atoms with E-state index in [4.69, 9.17) is 0 Å². The van der Waals surface area contributed by atoms with Crippen LogP contribution in [0.3, 0.4) is 0 Å². The summed E-state index contributed by atoms with van der Waals surface area (Å²) in [5.41, 5.74) is 1.76. The molecule has 2 saturated heterocycles. The maximum Gasteiger partial charge on any atom is 0.321 e. The molecule has 1 aromatic heterocycles. The van der Waals surface area contributed by atoms with E-state index in [9.17, 15) is 18.8 Å². The first-order valence-electron chi connectivity index (χ1n) is 13.9. The third kappa shape index (κ3) is 7.85. The average molecular weight is 558 g/mol. The molecule has 0 unspecified atom stereocenters. The van der Waals surface area contributed by atoms with Crippen LogP contribution in [0.5, 0.6) is 0 Å². The van der Waals surface area contributed by atoms with Crippen LogP contribution in [0.4, 0.5) is 14.3 Å². The fourth-order valence-electron chi connectivity index (χ4n) is 5.80. The van der Waals surface area contributed by atoms with Crippen LogP contribution in [0.2, 0.25) is 0 Å². The van der Waals surface area contributed by atoms with Crippen molar-refractivity contribution in [1.29, 1.82) is 0 Å². The Balaban J connectivity index is 1.40. The van der Waals surface area contributed by atoms with Gasteiger partial charge in [-0.3, -0.25) is 14.9 Å². The summed E-state index contributed by atoms with van der Waals surface area (Å²) in [5.74, 6) is 0.409. The van der Waals surface area contributed by atoms with Crippen LogP contribution >= 0.6 is 11.3 Å². The van der Waals surface area contributed by atoms with E-state index < -0.39 is 0 Å². The molecule has 2 aliphatic rings. The fraction of sp³-hybridized carbons (Fsp3) is 0.586. The molecule has 0 saturated carbocycles. The summed E-state index contributed by atoms with van der Waals surface area (Å²) in [7, 11) is 0. The van der Waals surface area contributed by atoms with Gasteiger partial charge in [0.1, 0.15) is 5.82 Å². The molecule has 10 heteroatoms. The van der Waals surface area contributed by atoms with E-state index in [0.29, 0.717) is 34.7 Å². The highest BCUT2D eigenvalue weighted by atomic mass is 32.1. The maximum atomic E-state index is 13.3. The number of carbonyl (C=O) groups is 3. The lowest BCUT2D eigenvalue weighted by molar-refractivity contribution is -0.136. The number of benzene rings is 1. The Morgan fingerprint density at radius 1 is 1.13 bits per heavy atom. The van der Waals surface area contributed by atoms with Crippen LogP contribution in [0.25, 0.3) is 0 Å². The van der Waals surface area contributed by atoms with Crippen LogP contribution in [-0.4, -0.2) is 71.3 Å². The Kier molecular flexibility index (Phi) is 9.71. The Morgan fingerprint density at radius 2 is 1.87 bits per heavy atom. The number of anilines is 1. The molecule has 3 heterocycles. The number of thiazole rings is 1. The van der Waals surface area contributed by atoms with Gasteiger partial charge in [0.15, 0.2) is 10.9 Å². The molecule has 39 heavy (non-hydrogen) atoms. The summed E-state index contributed by atoms with van der Waals surface area (Å²) in [4.78, 5) is 46.8. The lowest BCUT2D eigenvalue weighted by Gasteiger charge is -2.43. The number of carbonyl (C=O) groups excluding carboxylic acids is 3. The van der Waals surface area contributed by atoms with Gasteiger partial charge in [-0.15, -0.1) is 0 Å². The Labute approximate surface area is 234 Å². The number of ketones is 1. The number of piperidine rings is 2. The van der Waals surface area contributed by atoms with Crippen LogP contribution < -0.4 is 10.6 Å². The summed E-state index contributed by atoms with van der Waals surface area (Å²) >= 11 is 1.17. The minimum atomic E-state index is -0.375. The summed E-state index contributed by atoms with van der Waals surface area (Å²) in [5, 5.41) is 6.30. The molecule has 0 aliphatic carbocycles. The monoisotopic (exact) mass is 557 g/mol. The van der Waals surface area contributed by atoms with Gasteiger partial charge in [-0.2, -0.15) is 0 Å². The maximum absolute atomic E-state index is 13.3. The molecular formula is C29H40FN5O3S. The molecule has 8 nitrogen and oxygen atoms in total. The first-order valence-corrected chi connectivity index (χ1v) is 14.7. The Hall–Kier alpha value is -2.85. The standard InChI is InChI=1S/C29H40FN5O3S/c1-18(2)27(37)35-13-11-23(16-34-12-5-6-22(15-34)14-21-7-9-24(30)10-8-21)25(17-35)32-28(38)33-29-31-19(3)26(39-29)20(4)36/h7-10,18,22-23,25H,5-6,11-17H2,1-4H3,(H2,31,32,33,38)/t22-,23-,25-/m0/s1. The normalized spacial score (nSPS) is 22.1. The third-order valence-corrected chi connectivity index (χ3v) is 8.92. The lowest BCUT2D eigenvalue weighted by Crippen LogP contribution is -2.58. The van der Waals surface area contributed by atoms with Crippen molar-refractivity contribution in [3.05, 3.63) is 46.2 Å². The minimum absolute atomic E-state index is 0.0760. The van der Waals surface area contributed by atoms with Gasteiger partial charge in [0, 0.05) is 39.0 Å². The summed E-state index contributed by atoms with van der Waals surface area (Å²) in [6, 6.07) is 6.22. The lowest BCUT2D eigenvalue weighted by atomic mass is 9.87. The van der Waals surface area contributed by atoms with Crippen molar-refractivity contribution < 1.29 is 18.8 Å². The number of nitrogens with one attached hydrogen (secondary N) is 2. The van der Waals surface area contributed by atoms with Gasteiger partial charge in [0.2, 0.25) is 5.91 Å². The second-order valence-electron chi connectivity index (χ2n) is 11.3. The number of nitrogens with zero attached hydrogens (tertiary/aromatic N) is 3. The van der Waals surface area contributed by atoms with Crippen molar-refractivity contribution in [2.45, 2.75) is 59.4 Å². The number of hydrogen-bond donors (Lipinski definition) is 2. The first kappa shape index (κ1) is 29.1. The number of aromatic nitrogens is 1. The van der Waals surface area contributed by atoms with Gasteiger partial charge in [-0.1, -0.05) is 37.3 Å². The van der Waals surface area contributed by atoms with E-state index in [1.54, 1.807) is 6.92 Å². The topological polar surface area (TPSA) is 94.6 Å². The summed E-state index contributed by atoms with van der Waals surface area (Å²) in [6.07, 6.45) is 4.00. The van der Waals surface area contributed by atoms with Gasteiger partial charge in [-0.25, -0.2) is 14.2 Å². The Morgan fingerprint density at radius 3 is 2.54 bits per heavy atom. The number of Topliss-reactive ketones (excluding diaryl/α,β-unsaturated/α-hetero) is 1. The Bertz CT molecular complexity index is 1170. The SMILES string of the molecule is CC(=O)c1sc(NC(=O)N[C@H]2CN(C(=O)C(C)C)CC[C@H]2CN2CCC[C@@H](Cc3ccc(F)cc3)C2)nc1C. The summed E-state index contributed by atoms with van der Waals surface area (Å²) in [6.45, 7) is 11.0. The highest BCUT2D eigenvalue weighted by Crippen LogP contribution is 2.27. The molecule has 3 amide bonds. The van der Waals surface area contributed by atoms with Crippen LogP contribution in [-0.2, 0) is 11.2 Å². The zero-order valence-electron chi connectivity index (χ0n) is 23.3. The van der Waals surface area contributed by atoms with Crippen LogP contribution in [0.15, 0.2) is 24.3 Å². The largest absolute Gasteiger partial charge is 0.340 e. The molecule has 3 atom stereocenters. The highest BCUT2D eigenvalue weighted by molar-refractivity contribution is 7.17. The van der Waals surface area contributed by atoms with Crippen molar-refractivity contribution in [3.8, 4) is 0 Å². The molecule has 0 bridgehead atoms. The molecular weight excluding hydrogens is 517 g/mol. The predicted octanol–water partition coefficient (Wildman–Crippen LogP) is 4.74. The highest BCUT2D eigenvalue weighted by Gasteiger charge is 2.35. The second-order valence-corrected chi connectivity index (χ2v) is 12.3. The van der Waals surface area contributed by atoms with Crippen LogP contribution in [0, 0.1) is 30.5 Å². The first-order chi connectivity index (χ1) is 18.6.